The van der Waals surface area contributed by atoms with E-state index < -0.39 is 18.0 Å². The van der Waals surface area contributed by atoms with Crippen LogP contribution in [-0.4, -0.2) is 70.3 Å². The predicted octanol–water partition coefficient (Wildman–Crippen LogP) is 7.12. The topological polar surface area (TPSA) is 103 Å². The van der Waals surface area contributed by atoms with E-state index in [1.807, 2.05) is 0 Å². The van der Waals surface area contributed by atoms with Crippen LogP contribution in [0, 0.1) is 0 Å². The minimum atomic E-state index is -4.51. The minimum Gasteiger partial charge on any atom is -0.478 e. The van der Waals surface area contributed by atoms with Crippen molar-refractivity contribution in [2.24, 2.45) is 0 Å². The fraction of sp³-hybridized carbons (Fsp3) is 0.567. The highest BCUT2D eigenvalue weighted by atomic mass is 35.5. The van der Waals surface area contributed by atoms with Crippen LogP contribution in [0.5, 0.6) is 0 Å². The molecule has 4 rings (SSSR count). The van der Waals surface area contributed by atoms with Crippen molar-refractivity contribution >= 4 is 28.5 Å². The highest BCUT2D eigenvalue weighted by Crippen LogP contribution is 2.28. The van der Waals surface area contributed by atoms with E-state index in [-0.39, 0.29) is 16.6 Å². The zero-order valence-electron chi connectivity index (χ0n) is 24.1. The third kappa shape index (κ3) is 10.5. The molecule has 1 aliphatic heterocycles. The Morgan fingerprint density at radius 1 is 1.07 bits per heavy atom. The molecule has 8 nitrogen and oxygen atoms in total. The predicted molar refractivity (Wildman–Crippen MR) is 158 cm³/mol. The molecule has 1 fully saturated rings. The largest absolute Gasteiger partial charge is 0.478 e. The first-order valence-corrected chi connectivity index (χ1v) is 15.0. The highest BCUT2D eigenvalue weighted by Gasteiger charge is 2.35. The Morgan fingerprint density at radius 3 is 2.33 bits per heavy atom. The van der Waals surface area contributed by atoms with Gasteiger partial charge in [0.25, 0.3) is 0 Å². The summed E-state index contributed by atoms with van der Waals surface area (Å²) >= 11 is 5.88. The second-order valence-electron chi connectivity index (χ2n) is 10.4. The molecule has 1 unspecified atom stereocenters. The number of unbranched alkanes of at least 4 members (excludes halogenated alkanes) is 7. The van der Waals surface area contributed by atoms with Gasteiger partial charge in [0.2, 0.25) is 5.82 Å². The molecule has 0 radical (unpaired) electrons. The molecular weight excluding hydrogens is 571 g/mol. The summed E-state index contributed by atoms with van der Waals surface area (Å²) in [4.78, 5) is 23.0. The van der Waals surface area contributed by atoms with Gasteiger partial charge in [-0.2, -0.15) is 13.2 Å². The summed E-state index contributed by atoms with van der Waals surface area (Å²) in [6, 6.07) is 4.90. The molecule has 3 aromatic rings. The number of carboxylic acid groups (broad SMARTS) is 1. The number of alkyl halides is 3. The molecule has 0 spiro atoms. The van der Waals surface area contributed by atoms with Crippen LogP contribution in [0.3, 0.4) is 0 Å². The van der Waals surface area contributed by atoms with E-state index in [0.29, 0.717) is 25.3 Å². The number of fused-ring (bicyclic) bond motifs is 1. The third-order valence-electron chi connectivity index (χ3n) is 7.24. The molecule has 3 heterocycles. The summed E-state index contributed by atoms with van der Waals surface area (Å²) in [6.45, 7) is 6.59. The van der Waals surface area contributed by atoms with Gasteiger partial charge in [-0.15, -0.1) is 0 Å². The van der Waals surface area contributed by atoms with Crippen LogP contribution in [0.4, 0.5) is 13.2 Å². The maximum absolute atomic E-state index is 12.7. The Morgan fingerprint density at radius 2 is 1.71 bits per heavy atom. The zero-order chi connectivity index (χ0) is 30.4. The number of hydrogen-bond acceptors (Lipinski definition) is 6. The van der Waals surface area contributed by atoms with Gasteiger partial charge < -0.3 is 20.1 Å². The number of benzene rings is 1. The van der Waals surface area contributed by atoms with E-state index in [4.69, 9.17) is 21.4 Å². The van der Waals surface area contributed by atoms with Crippen molar-refractivity contribution in [2.45, 2.75) is 70.5 Å². The fourth-order valence-electron chi connectivity index (χ4n) is 4.89. The van der Waals surface area contributed by atoms with E-state index in [9.17, 15) is 18.0 Å². The molecule has 0 aliphatic carbocycles. The number of carboxylic acids is 1. The molecule has 232 valence electrons. The standard InChI is InChI=1S/C21H35F3N4O.C9H6ClNO2/c1-2-3-4-5-6-7-8-9-10-25-17-19(28-11-13-29-14-12-28)18-15-26-20(27-16-18)21(22,23)24;10-8-5-3-4-11-7(5)2-1-6(8)9(12)13/h15-16,19,25H,2-14,17H2,1H3;1-4,11H,(H,12,13). The maximum atomic E-state index is 12.7. The van der Waals surface area contributed by atoms with E-state index in [1.165, 1.54) is 63.4 Å². The first-order valence-electron chi connectivity index (χ1n) is 14.6. The average molecular weight is 612 g/mol. The Labute approximate surface area is 250 Å². The van der Waals surface area contributed by atoms with Gasteiger partial charge in [0.05, 0.1) is 29.8 Å². The fourth-order valence-corrected chi connectivity index (χ4v) is 5.20. The summed E-state index contributed by atoms with van der Waals surface area (Å²) in [6.07, 6.45) is 10.0. The minimum absolute atomic E-state index is 0.0461. The molecule has 12 heteroatoms. The number of aromatic carboxylic acids is 1. The molecule has 0 amide bonds. The van der Waals surface area contributed by atoms with Crippen LogP contribution >= 0.6 is 11.6 Å². The number of morpholine rings is 1. The van der Waals surface area contributed by atoms with Crippen LogP contribution in [0.1, 0.15) is 86.1 Å². The van der Waals surface area contributed by atoms with Crippen LogP contribution in [0.15, 0.2) is 36.8 Å². The van der Waals surface area contributed by atoms with Gasteiger partial charge in [-0.25, -0.2) is 14.8 Å². The molecule has 1 atom stereocenters. The SMILES string of the molecule is CCCCCCCCCCNCC(c1cnc(C(F)(F)F)nc1)N1CCOCC1.O=C(O)c1ccc2[nH]ccc2c1Cl. The highest BCUT2D eigenvalue weighted by molar-refractivity contribution is 6.38. The summed E-state index contributed by atoms with van der Waals surface area (Å²) in [7, 11) is 0. The monoisotopic (exact) mass is 611 g/mol. The summed E-state index contributed by atoms with van der Waals surface area (Å²) in [5.41, 5.74) is 1.69. The third-order valence-corrected chi connectivity index (χ3v) is 7.65. The Bertz CT molecular complexity index is 1220. The van der Waals surface area contributed by atoms with Gasteiger partial charge in [-0.05, 0) is 31.2 Å². The normalized spacial score (nSPS) is 14.9. The summed E-state index contributed by atoms with van der Waals surface area (Å²) < 4.78 is 43.7. The molecular formula is C30H41ClF3N5O3. The first-order chi connectivity index (χ1) is 20.2. The van der Waals surface area contributed by atoms with Crippen molar-refractivity contribution in [2.75, 3.05) is 39.4 Å². The lowest BCUT2D eigenvalue weighted by molar-refractivity contribution is -0.145. The Kier molecular flexibility index (Phi) is 14.0. The second kappa shape index (κ2) is 17.4. The van der Waals surface area contributed by atoms with E-state index >= 15 is 0 Å². The quantitative estimate of drug-likeness (QED) is 0.167. The number of aromatic nitrogens is 3. The zero-order valence-corrected chi connectivity index (χ0v) is 24.8. The number of aromatic amines is 1. The molecule has 2 aromatic heterocycles. The van der Waals surface area contributed by atoms with Gasteiger partial charge in [-0.1, -0.05) is 63.5 Å². The van der Waals surface area contributed by atoms with E-state index in [2.05, 4.69) is 32.1 Å². The number of halogens is 4. The molecule has 3 N–H and O–H groups in total. The van der Waals surface area contributed by atoms with E-state index in [0.717, 1.165) is 37.0 Å². The van der Waals surface area contributed by atoms with E-state index in [1.54, 1.807) is 18.3 Å². The van der Waals surface area contributed by atoms with Gasteiger partial charge in [0, 0.05) is 54.7 Å². The molecule has 1 aromatic carbocycles. The number of nitrogens with one attached hydrogen (secondary N) is 2. The van der Waals surface area contributed by atoms with Crippen LogP contribution in [-0.2, 0) is 10.9 Å². The molecule has 1 saturated heterocycles. The number of ether oxygens (including phenoxy) is 1. The van der Waals surface area contributed by atoms with Crippen LogP contribution in [0.25, 0.3) is 10.9 Å². The van der Waals surface area contributed by atoms with Crippen LogP contribution < -0.4 is 5.32 Å². The van der Waals surface area contributed by atoms with Crippen molar-refractivity contribution in [1.29, 1.82) is 0 Å². The Hall–Kier alpha value is -2.73. The maximum Gasteiger partial charge on any atom is 0.451 e. The lowest BCUT2D eigenvalue weighted by atomic mass is 10.1. The molecule has 42 heavy (non-hydrogen) atoms. The second-order valence-corrected chi connectivity index (χ2v) is 10.7. The van der Waals surface area contributed by atoms with Gasteiger partial charge >= 0.3 is 12.1 Å². The van der Waals surface area contributed by atoms with Crippen molar-refractivity contribution < 1.29 is 27.8 Å². The smallest absolute Gasteiger partial charge is 0.451 e. The number of hydrogen-bond donors (Lipinski definition) is 3. The lowest BCUT2D eigenvalue weighted by Gasteiger charge is -2.34. The lowest BCUT2D eigenvalue weighted by Crippen LogP contribution is -2.43. The molecule has 0 bridgehead atoms. The van der Waals surface area contributed by atoms with Crippen molar-refractivity contribution in [3.05, 3.63) is 58.8 Å². The van der Waals surface area contributed by atoms with Gasteiger partial charge in [0.15, 0.2) is 0 Å². The Balaban J connectivity index is 0.000000307. The number of nitrogens with zero attached hydrogens (tertiary/aromatic N) is 3. The summed E-state index contributed by atoms with van der Waals surface area (Å²) in [5, 5.41) is 13.3. The van der Waals surface area contributed by atoms with Gasteiger partial charge in [-0.3, -0.25) is 4.90 Å². The molecule has 1 aliphatic rings. The van der Waals surface area contributed by atoms with Crippen molar-refractivity contribution in [1.82, 2.24) is 25.2 Å². The average Bonchev–Trinajstić information content (AvgIpc) is 3.47. The number of H-pyrrole nitrogens is 1. The van der Waals surface area contributed by atoms with Gasteiger partial charge in [0.1, 0.15) is 0 Å². The number of rotatable bonds is 14. The first kappa shape index (κ1) is 33.8. The number of carbonyl (C=O) groups is 1. The summed E-state index contributed by atoms with van der Waals surface area (Å²) in [5.74, 6) is -2.10. The molecule has 0 saturated carbocycles. The van der Waals surface area contributed by atoms with Crippen LogP contribution in [0.2, 0.25) is 5.02 Å². The van der Waals surface area contributed by atoms with Crippen molar-refractivity contribution in [3.8, 4) is 0 Å². The van der Waals surface area contributed by atoms with Crippen molar-refractivity contribution in [3.63, 3.8) is 0 Å².